The molecule has 1 aliphatic heterocycles. The van der Waals surface area contributed by atoms with Crippen LogP contribution in [0.2, 0.25) is 0 Å². The molecule has 0 aromatic carbocycles. The predicted octanol–water partition coefficient (Wildman–Crippen LogP) is 2.52. The van der Waals surface area contributed by atoms with Gasteiger partial charge in [0.25, 0.3) is 0 Å². The third-order valence-corrected chi connectivity index (χ3v) is 4.53. The molecule has 1 atom stereocenters. The Morgan fingerprint density at radius 1 is 1.38 bits per heavy atom. The SMILES string of the molecule is Cc1ccc(CCC(=O)N2CCCC2CC(=O)c2cnn(C)c2)o1. The average Bonchev–Trinajstić information content (AvgIpc) is 3.26. The summed E-state index contributed by atoms with van der Waals surface area (Å²) in [4.78, 5) is 26.7. The van der Waals surface area contributed by atoms with Crippen molar-refractivity contribution in [1.82, 2.24) is 14.7 Å². The maximum atomic E-state index is 12.5. The first-order valence-electron chi connectivity index (χ1n) is 8.39. The van der Waals surface area contributed by atoms with E-state index < -0.39 is 0 Å². The summed E-state index contributed by atoms with van der Waals surface area (Å²) in [5, 5.41) is 4.04. The summed E-state index contributed by atoms with van der Waals surface area (Å²) in [6.45, 7) is 2.63. The van der Waals surface area contributed by atoms with Crippen LogP contribution < -0.4 is 0 Å². The first-order chi connectivity index (χ1) is 11.5. The molecular formula is C18H23N3O3. The van der Waals surface area contributed by atoms with Crippen molar-refractivity contribution < 1.29 is 14.0 Å². The van der Waals surface area contributed by atoms with Crippen LogP contribution in [-0.2, 0) is 18.3 Å². The Balaban J connectivity index is 1.56. The summed E-state index contributed by atoms with van der Waals surface area (Å²) in [5.41, 5.74) is 0.614. The van der Waals surface area contributed by atoms with Crippen LogP contribution in [0.25, 0.3) is 0 Å². The molecule has 3 heterocycles. The van der Waals surface area contributed by atoms with Crippen LogP contribution in [0.1, 0.15) is 47.6 Å². The van der Waals surface area contributed by atoms with Crippen molar-refractivity contribution in [3.05, 3.63) is 41.6 Å². The van der Waals surface area contributed by atoms with Crippen LogP contribution in [0.4, 0.5) is 0 Å². The van der Waals surface area contributed by atoms with Crippen molar-refractivity contribution in [2.45, 2.75) is 45.1 Å². The second-order valence-electron chi connectivity index (χ2n) is 6.43. The molecule has 1 saturated heterocycles. The highest BCUT2D eigenvalue weighted by Gasteiger charge is 2.30. The van der Waals surface area contributed by atoms with E-state index in [-0.39, 0.29) is 17.7 Å². The number of likely N-dealkylation sites (tertiary alicyclic amines) is 1. The Bertz CT molecular complexity index is 731. The van der Waals surface area contributed by atoms with Crippen molar-refractivity contribution in [1.29, 1.82) is 0 Å². The lowest BCUT2D eigenvalue weighted by Gasteiger charge is -2.24. The summed E-state index contributed by atoms with van der Waals surface area (Å²) in [7, 11) is 1.79. The van der Waals surface area contributed by atoms with Gasteiger partial charge in [0.1, 0.15) is 11.5 Å². The molecule has 1 fully saturated rings. The monoisotopic (exact) mass is 329 g/mol. The molecule has 1 aliphatic rings. The number of Topliss-reactive ketones (excluding diaryl/α,β-unsaturated/α-hetero) is 1. The summed E-state index contributed by atoms with van der Waals surface area (Å²) < 4.78 is 7.14. The molecule has 2 aromatic heterocycles. The maximum Gasteiger partial charge on any atom is 0.223 e. The number of rotatable bonds is 6. The topological polar surface area (TPSA) is 68.3 Å². The number of hydrogen-bond donors (Lipinski definition) is 0. The molecule has 0 N–H and O–H groups in total. The Labute approximate surface area is 141 Å². The van der Waals surface area contributed by atoms with Crippen LogP contribution in [-0.4, -0.2) is 39.0 Å². The minimum absolute atomic E-state index is 0.00328. The number of ketones is 1. The van der Waals surface area contributed by atoms with Gasteiger partial charge in [-0.3, -0.25) is 14.3 Å². The zero-order valence-corrected chi connectivity index (χ0v) is 14.2. The lowest BCUT2D eigenvalue weighted by molar-refractivity contribution is -0.131. The minimum Gasteiger partial charge on any atom is -0.466 e. The first-order valence-corrected chi connectivity index (χ1v) is 8.39. The molecule has 0 radical (unpaired) electrons. The fraction of sp³-hybridized carbons (Fsp3) is 0.500. The number of amides is 1. The molecule has 128 valence electrons. The standard InChI is InChI=1S/C18H23N3O3/c1-13-5-6-16(24-13)7-8-18(23)21-9-3-4-15(21)10-17(22)14-11-19-20(2)12-14/h5-6,11-12,15H,3-4,7-10H2,1-2H3. The summed E-state index contributed by atoms with van der Waals surface area (Å²) in [6, 6.07) is 3.82. The molecule has 1 unspecified atom stereocenters. The molecule has 6 heteroatoms. The number of aromatic nitrogens is 2. The quantitative estimate of drug-likeness (QED) is 0.764. The highest BCUT2D eigenvalue weighted by molar-refractivity contribution is 5.96. The van der Waals surface area contributed by atoms with Crippen molar-refractivity contribution >= 4 is 11.7 Å². The van der Waals surface area contributed by atoms with Gasteiger partial charge in [0, 0.05) is 45.1 Å². The first kappa shape index (κ1) is 16.5. The van der Waals surface area contributed by atoms with Crippen molar-refractivity contribution in [3.63, 3.8) is 0 Å². The van der Waals surface area contributed by atoms with Crippen LogP contribution in [0.5, 0.6) is 0 Å². The van der Waals surface area contributed by atoms with Gasteiger partial charge >= 0.3 is 0 Å². The zero-order valence-electron chi connectivity index (χ0n) is 14.2. The normalized spacial score (nSPS) is 17.4. The average molecular weight is 329 g/mol. The summed E-state index contributed by atoms with van der Waals surface area (Å²) in [5.74, 6) is 1.85. The Kier molecular flexibility index (Phi) is 4.83. The molecule has 1 amide bonds. The van der Waals surface area contributed by atoms with E-state index >= 15 is 0 Å². The maximum absolute atomic E-state index is 12.5. The van der Waals surface area contributed by atoms with Gasteiger partial charge in [0.05, 0.1) is 11.8 Å². The Morgan fingerprint density at radius 3 is 2.88 bits per heavy atom. The van der Waals surface area contributed by atoms with Crippen LogP contribution in [0.3, 0.4) is 0 Å². The summed E-state index contributed by atoms with van der Waals surface area (Å²) in [6.07, 6.45) is 6.55. The number of furan rings is 1. The fourth-order valence-electron chi connectivity index (χ4n) is 3.27. The Hall–Kier alpha value is -2.37. The van der Waals surface area contributed by atoms with E-state index in [1.165, 1.54) is 0 Å². The van der Waals surface area contributed by atoms with E-state index in [0.717, 1.165) is 30.9 Å². The predicted molar refractivity (Wildman–Crippen MR) is 88.7 cm³/mol. The third kappa shape index (κ3) is 3.75. The largest absolute Gasteiger partial charge is 0.466 e. The molecule has 3 rings (SSSR count). The number of nitrogens with zero attached hydrogens (tertiary/aromatic N) is 3. The molecule has 0 bridgehead atoms. The lowest BCUT2D eigenvalue weighted by Crippen LogP contribution is -2.37. The molecule has 0 spiro atoms. The van der Waals surface area contributed by atoms with Crippen molar-refractivity contribution in [2.24, 2.45) is 7.05 Å². The minimum atomic E-state index is 0.00328. The van der Waals surface area contributed by atoms with E-state index in [1.54, 1.807) is 24.1 Å². The van der Waals surface area contributed by atoms with Gasteiger partial charge in [-0.25, -0.2) is 0 Å². The van der Waals surface area contributed by atoms with Gasteiger partial charge in [0.15, 0.2) is 5.78 Å². The fourth-order valence-corrected chi connectivity index (χ4v) is 3.27. The number of carbonyl (C=O) groups excluding carboxylic acids is 2. The van der Waals surface area contributed by atoms with E-state index in [9.17, 15) is 9.59 Å². The van der Waals surface area contributed by atoms with Crippen LogP contribution in [0.15, 0.2) is 28.9 Å². The second-order valence-corrected chi connectivity index (χ2v) is 6.43. The van der Waals surface area contributed by atoms with Gasteiger partial charge in [-0.05, 0) is 31.9 Å². The van der Waals surface area contributed by atoms with Crippen LogP contribution >= 0.6 is 0 Å². The lowest BCUT2D eigenvalue weighted by atomic mass is 10.0. The van der Waals surface area contributed by atoms with Gasteiger partial charge < -0.3 is 9.32 Å². The smallest absolute Gasteiger partial charge is 0.223 e. The highest BCUT2D eigenvalue weighted by Crippen LogP contribution is 2.23. The van der Waals surface area contributed by atoms with E-state index in [4.69, 9.17) is 4.42 Å². The van der Waals surface area contributed by atoms with Gasteiger partial charge in [-0.1, -0.05) is 0 Å². The van der Waals surface area contributed by atoms with Gasteiger partial charge in [0.2, 0.25) is 5.91 Å². The van der Waals surface area contributed by atoms with Crippen molar-refractivity contribution in [2.75, 3.05) is 6.54 Å². The molecule has 6 nitrogen and oxygen atoms in total. The number of carbonyl (C=O) groups is 2. The van der Waals surface area contributed by atoms with E-state index in [1.807, 2.05) is 24.0 Å². The van der Waals surface area contributed by atoms with E-state index in [0.29, 0.717) is 24.8 Å². The van der Waals surface area contributed by atoms with E-state index in [2.05, 4.69) is 5.10 Å². The molecule has 24 heavy (non-hydrogen) atoms. The molecular weight excluding hydrogens is 306 g/mol. The van der Waals surface area contributed by atoms with Gasteiger partial charge in [-0.2, -0.15) is 5.10 Å². The highest BCUT2D eigenvalue weighted by atomic mass is 16.3. The second kappa shape index (κ2) is 7.03. The zero-order chi connectivity index (χ0) is 17.1. The number of aryl methyl sites for hydroxylation is 3. The summed E-state index contributed by atoms with van der Waals surface area (Å²) >= 11 is 0. The van der Waals surface area contributed by atoms with Crippen LogP contribution in [0, 0.1) is 6.92 Å². The molecule has 0 aliphatic carbocycles. The molecule has 2 aromatic rings. The van der Waals surface area contributed by atoms with Gasteiger partial charge in [-0.15, -0.1) is 0 Å². The molecule has 0 saturated carbocycles. The number of hydrogen-bond acceptors (Lipinski definition) is 4. The Morgan fingerprint density at radius 2 is 2.21 bits per heavy atom. The third-order valence-electron chi connectivity index (χ3n) is 4.53. The van der Waals surface area contributed by atoms with Crippen molar-refractivity contribution in [3.8, 4) is 0 Å².